The van der Waals surface area contributed by atoms with E-state index < -0.39 is 11.9 Å². The molecule has 0 saturated heterocycles. The van der Waals surface area contributed by atoms with Gasteiger partial charge in [-0.15, -0.1) is 0 Å². The maximum atomic E-state index is 11.0. The molecule has 0 N–H and O–H groups in total. The number of benzene rings is 2. The predicted octanol–water partition coefficient (Wildman–Crippen LogP) is -4.78. The van der Waals surface area contributed by atoms with Gasteiger partial charge in [0.05, 0.1) is 11.9 Å². The zero-order valence-corrected chi connectivity index (χ0v) is 19.9. The molecule has 0 fully saturated rings. The quantitative estimate of drug-likeness (QED) is 0.382. The predicted molar refractivity (Wildman–Crippen MR) is 73.3 cm³/mol. The van der Waals surface area contributed by atoms with E-state index in [0.717, 1.165) is 21.6 Å². The second-order valence-electron chi connectivity index (χ2n) is 3.73. The SMILES string of the molecule is O=C([O-])c1ccccc1SSc1ccccc1C(=O)[O-].[K+].[K+]. The summed E-state index contributed by atoms with van der Waals surface area (Å²) in [5.41, 5.74) is 0.159. The van der Waals surface area contributed by atoms with Crippen LogP contribution in [0.3, 0.4) is 0 Å². The van der Waals surface area contributed by atoms with Gasteiger partial charge in [-0.2, -0.15) is 0 Å². The molecule has 0 aliphatic carbocycles. The minimum absolute atomic E-state index is 0. The van der Waals surface area contributed by atoms with Crippen LogP contribution in [-0.2, 0) is 0 Å². The van der Waals surface area contributed by atoms with Gasteiger partial charge in [0, 0.05) is 20.9 Å². The first-order chi connectivity index (χ1) is 9.59. The Morgan fingerprint density at radius 1 is 0.682 bits per heavy atom. The van der Waals surface area contributed by atoms with E-state index in [1.165, 1.54) is 12.1 Å². The molecule has 0 amide bonds. The van der Waals surface area contributed by atoms with Crippen LogP contribution in [0.5, 0.6) is 0 Å². The standard InChI is InChI=1S/C14H10O4S2.2K/c15-13(16)9-5-1-3-7-11(9)19-20-12-8-4-2-6-10(12)14(17)18;;/h1-8H,(H,15,16)(H,17,18);;/q;2*+1/p-2. The van der Waals surface area contributed by atoms with Crippen LogP contribution in [0, 0.1) is 0 Å². The van der Waals surface area contributed by atoms with Crippen LogP contribution in [0.1, 0.15) is 20.7 Å². The Morgan fingerprint density at radius 2 is 1.00 bits per heavy atom. The van der Waals surface area contributed by atoms with E-state index in [-0.39, 0.29) is 114 Å². The molecule has 22 heavy (non-hydrogen) atoms. The molecule has 0 aromatic heterocycles. The number of carbonyl (C=O) groups excluding carboxylic acids is 2. The van der Waals surface area contributed by atoms with Crippen molar-refractivity contribution in [1.82, 2.24) is 0 Å². The molecule has 0 radical (unpaired) electrons. The van der Waals surface area contributed by atoms with Crippen LogP contribution in [-0.4, -0.2) is 11.9 Å². The number of carbonyl (C=O) groups is 2. The molecule has 0 heterocycles. The van der Waals surface area contributed by atoms with E-state index in [1.54, 1.807) is 36.4 Å². The van der Waals surface area contributed by atoms with E-state index in [2.05, 4.69) is 0 Å². The van der Waals surface area contributed by atoms with Crippen molar-refractivity contribution in [1.29, 1.82) is 0 Å². The molecular formula is C14H8K2O4S2. The molecule has 0 saturated carbocycles. The maximum Gasteiger partial charge on any atom is 1.00 e. The van der Waals surface area contributed by atoms with Crippen LogP contribution >= 0.6 is 21.6 Å². The zero-order chi connectivity index (χ0) is 14.5. The van der Waals surface area contributed by atoms with Crippen molar-refractivity contribution < 1.29 is 123 Å². The molecule has 2 aromatic carbocycles. The molecule has 2 aromatic rings. The maximum absolute atomic E-state index is 11.0. The van der Waals surface area contributed by atoms with E-state index in [4.69, 9.17) is 0 Å². The third-order valence-corrected chi connectivity index (χ3v) is 4.92. The fraction of sp³-hybridized carbons (Fsp3) is 0. The Balaban J connectivity index is 0.00000220. The second-order valence-corrected chi connectivity index (χ2v) is 5.95. The van der Waals surface area contributed by atoms with Crippen LogP contribution in [0.4, 0.5) is 0 Å². The number of hydrogen-bond acceptors (Lipinski definition) is 6. The Hall–Kier alpha value is 1.35. The molecule has 0 aliphatic rings. The molecule has 8 heteroatoms. The summed E-state index contributed by atoms with van der Waals surface area (Å²) in [5.74, 6) is -2.52. The van der Waals surface area contributed by atoms with E-state index >= 15 is 0 Å². The summed E-state index contributed by atoms with van der Waals surface area (Å²) in [7, 11) is 2.33. The average Bonchev–Trinajstić information content (AvgIpc) is 2.45. The average molecular weight is 383 g/mol. The van der Waals surface area contributed by atoms with Crippen LogP contribution in [0.2, 0.25) is 0 Å². The second kappa shape index (κ2) is 11.8. The minimum Gasteiger partial charge on any atom is -0.545 e. The fourth-order valence-electron chi connectivity index (χ4n) is 1.51. The largest absolute Gasteiger partial charge is 1.00 e. The van der Waals surface area contributed by atoms with Crippen LogP contribution in [0.15, 0.2) is 58.3 Å². The van der Waals surface area contributed by atoms with Gasteiger partial charge in [0.25, 0.3) is 0 Å². The van der Waals surface area contributed by atoms with Gasteiger partial charge >= 0.3 is 103 Å². The van der Waals surface area contributed by atoms with Gasteiger partial charge in [0.15, 0.2) is 0 Å². The number of aromatic carboxylic acids is 2. The first-order valence-corrected chi connectivity index (χ1v) is 7.70. The first-order valence-electron chi connectivity index (χ1n) is 5.55. The molecule has 0 atom stereocenters. The number of hydrogen-bond donors (Lipinski definition) is 0. The summed E-state index contributed by atoms with van der Waals surface area (Å²) in [5, 5.41) is 21.9. The summed E-state index contributed by atoms with van der Waals surface area (Å²) >= 11 is 0. The molecule has 0 spiro atoms. The van der Waals surface area contributed by atoms with Crippen molar-refractivity contribution >= 4 is 33.5 Å². The third kappa shape index (κ3) is 6.69. The topological polar surface area (TPSA) is 80.3 Å². The van der Waals surface area contributed by atoms with E-state index in [9.17, 15) is 19.8 Å². The molecule has 4 nitrogen and oxygen atoms in total. The fourth-order valence-corrected chi connectivity index (χ4v) is 3.85. The van der Waals surface area contributed by atoms with Gasteiger partial charge in [-0.25, -0.2) is 0 Å². The van der Waals surface area contributed by atoms with Crippen molar-refractivity contribution in [2.24, 2.45) is 0 Å². The monoisotopic (exact) mass is 382 g/mol. The normalized spacial score (nSPS) is 9.27. The first kappa shape index (κ1) is 23.4. The minimum atomic E-state index is -1.26. The van der Waals surface area contributed by atoms with Crippen molar-refractivity contribution in [3.63, 3.8) is 0 Å². The zero-order valence-electron chi connectivity index (χ0n) is 12.1. The Bertz CT molecular complexity index is 607. The van der Waals surface area contributed by atoms with Gasteiger partial charge in [-0.1, -0.05) is 58.0 Å². The van der Waals surface area contributed by atoms with Gasteiger partial charge in [0.2, 0.25) is 0 Å². The van der Waals surface area contributed by atoms with E-state index in [0.29, 0.717) is 9.79 Å². The molecule has 102 valence electrons. The summed E-state index contributed by atoms with van der Waals surface area (Å²) < 4.78 is 0. The molecule has 0 unspecified atom stereocenters. The Kier molecular flexibility index (Phi) is 12.6. The summed E-state index contributed by atoms with van der Waals surface area (Å²) in [6, 6.07) is 12.8. The summed E-state index contributed by atoms with van der Waals surface area (Å²) in [6.45, 7) is 0. The van der Waals surface area contributed by atoms with E-state index in [1.807, 2.05) is 0 Å². The molecule has 0 bridgehead atoms. The molecule has 0 aliphatic heterocycles. The van der Waals surface area contributed by atoms with Gasteiger partial charge in [0.1, 0.15) is 0 Å². The number of carboxylic acid groups (broad SMARTS) is 2. The van der Waals surface area contributed by atoms with Gasteiger partial charge < -0.3 is 19.8 Å². The Morgan fingerprint density at radius 3 is 1.32 bits per heavy atom. The van der Waals surface area contributed by atoms with Gasteiger partial charge in [-0.3, -0.25) is 0 Å². The van der Waals surface area contributed by atoms with Gasteiger partial charge in [-0.05, 0) is 12.1 Å². The number of rotatable bonds is 5. The Labute approximate surface area is 221 Å². The van der Waals surface area contributed by atoms with Crippen molar-refractivity contribution in [2.45, 2.75) is 9.79 Å². The van der Waals surface area contributed by atoms with Crippen LogP contribution in [0.25, 0.3) is 0 Å². The summed E-state index contributed by atoms with van der Waals surface area (Å²) in [4.78, 5) is 23.0. The third-order valence-electron chi connectivity index (χ3n) is 2.44. The van der Waals surface area contributed by atoms with Crippen LogP contribution < -0.4 is 113 Å². The van der Waals surface area contributed by atoms with Crippen molar-refractivity contribution in [3.8, 4) is 0 Å². The molecule has 2 rings (SSSR count). The smallest absolute Gasteiger partial charge is 0.545 e. The summed E-state index contributed by atoms with van der Waals surface area (Å²) in [6.07, 6.45) is 0. The molecular weight excluding hydrogens is 374 g/mol. The number of carboxylic acids is 2. The van der Waals surface area contributed by atoms with Crippen molar-refractivity contribution in [3.05, 3.63) is 59.7 Å². The van der Waals surface area contributed by atoms with Crippen molar-refractivity contribution in [2.75, 3.05) is 0 Å².